The number of hydrogen-bond donors (Lipinski definition) is 6. The van der Waals surface area contributed by atoms with Gasteiger partial charge in [-0.2, -0.15) is 0 Å². The summed E-state index contributed by atoms with van der Waals surface area (Å²) < 4.78 is 33.5. The van der Waals surface area contributed by atoms with Crippen molar-refractivity contribution < 1.29 is 63.1 Å². The molecule has 358 valence electrons. The lowest BCUT2D eigenvalue weighted by atomic mass is 9.85. The molecule has 0 spiro atoms. The highest BCUT2D eigenvalue weighted by Crippen LogP contribution is 2.47. The van der Waals surface area contributed by atoms with Crippen LogP contribution >= 0.6 is 7.82 Å². The van der Waals surface area contributed by atoms with Gasteiger partial charge in [0.25, 0.3) is 0 Å². The number of ether oxygens (including phenoxy) is 2. The second kappa shape index (κ2) is 37.7. The lowest BCUT2D eigenvalue weighted by Crippen LogP contribution is -2.64. The summed E-state index contributed by atoms with van der Waals surface area (Å²) in [5, 5.41) is 50.1. The van der Waals surface area contributed by atoms with E-state index in [1.54, 1.807) is 0 Å². The van der Waals surface area contributed by atoms with Crippen LogP contribution in [0.5, 0.6) is 0 Å². The molecular weight excluding hydrogens is 803 g/mol. The smallest absolute Gasteiger partial charge is 0.462 e. The molecule has 1 rings (SSSR count). The Labute approximate surface area is 368 Å². The molecule has 1 fully saturated rings. The number of rotatable bonds is 40. The number of phosphoric acid groups is 1. The summed E-state index contributed by atoms with van der Waals surface area (Å²) in [5.74, 6) is -1.11. The lowest BCUT2D eigenvalue weighted by Gasteiger charge is -2.41. The Bertz CT molecular complexity index is 1170. The number of allylic oxidation sites excluding steroid dienone is 4. The van der Waals surface area contributed by atoms with Gasteiger partial charge in [0.15, 0.2) is 6.10 Å². The quantitative estimate of drug-likeness (QED) is 0.0147. The first-order valence-electron chi connectivity index (χ1n) is 24.1. The zero-order valence-electron chi connectivity index (χ0n) is 38.0. The molecule has 61 heavy (non-hydrogen) atoms. The van der Waals surface area contributed by atoms with Crippen molar-refractivity contribution >= 4 is 19.8 Å². The number of hydrogen-bond acceptors (Lipinski definition) is 12. The number of aliphatic hydroxyl groups excluding tert-OH is 5. The molecular formula is C47H87O13P. The SMILES string of the molecule is CCCCCCCC/C=C/CCCCCCCCCCCC(=O)OC[C@@H](COP(=O)(O)OC1C(O)C(O)C(O)[C@H](O)C1O)OC(=O)CCCCC/C=C/CCCCCCCC. The summed E-state index contributed by atoms with van der Waals surface area (Å²) in [7, 11) is -5.12. The number of carbonyl (C=O) groups is 2. The maximum absolute atomic E-state index is 12.8. The fraction of sp³-hybridized carbons (Fsp3) is 0.872. The minimum absolute atomic E-state index is 0.0778. The molecule has 1 aliphatic rings. The molecule has 0 amide bonds. The molecule has 0 aromatic heterocycles. The van der Waals surface area contributed by atoms with Gasteiger partial charge in [0.05, 0.1) is 6.61 Å². The highest BCUT2D eigenvalue weighted by molar-refractivity contribution is 7.47. The molecule has 0 aromatic carbocycles. The van der Waals surface area contributed by atoms with Crippen molar-refractivity contribution in [3.8, 4) is 0 Å². The van der Waals surface area contributed by atoms with Gasteiger partial charge in [-0.1, -0.05) is 154 Å². The van der Waals surface area contributed by atoms with E-state index in [9.17, 15) is 44.6 Å². The van der Waals surface area contributed by atoms with Crippen LogP contribution in [-0.4, -0.2) is 98.3 Å². The van der Waals surface area contributed by atoms with Gasteiger partial charge < -0.3 is 39.9 Å². The van der Waals surface area contributed by atoms with E-state index in [-0.39, 0.29) is 12.8 Å². The Hall–Kier alpha value is -1.67. The van der Waals surface area contributed by atoms with Crippen molar-refractivity contribution in [1.82, 2.24) is 0 Å². The standard InChI is InChI=1S/C47H87O13P/c1-3-5-7-9-11-13-15-17-18-19-20-21-22-24-25-27-29-31-33-35-40(48)57-37-39(38-58-61(55,56)60-47-45(53)43(51)42(50)44(52)46(47)54)59-41(49)36-34-32-30-28-26-23-16-14-12-10-8-6-4-2/h17-18,23,26,39,42-47,50-54H,3-16,19-22,24-25,27-38H2,1-2H3,(H,55,56)/b18-17+,26-23+/t39-,42?,43-,44?,45?,46?,47?/m0/s1. The summed E-state index contributed by atoms with van der Waals surface area (Å²) in [4.78, 5) is 35.7. The molecule has 6 unspecified atom stereocenters. The first-order chi connectivity index (χ1) is 29.4. The first kappa shape index (κ1) is 57.3. The summed E-state index contributed by atoms with van der Waals surface area (Å²) in [6, 6.07) is 0. The summed E-state index contributed by atoms with van der Waals surface area (Å²) in [5.41, 5.74) is 0. The van der Waals surface area contributed by atoms with Crippen LogP contribution in [0.3, 0.4) is 0 Å². The van der Waals surface area contributed by atoms with Crippen LogP contribution < -0.4 is 0 Å². The third-order valence-electron chi connectivity index (χ3n) is 11.3. The zero-order chi connectivity index (χ0) is 45.0. The van der Waals surface area contributed by atoms with Crippen molar-refractivity contribution in [2.75, 3.05) is 13.2 Å². The Kier molecular flexibility index (Phi) is 35.4. The Balaban J connectivity index is 2.42. The summed E-state index contributed by atoms with van der Waals surface area (Å²) in [6.45, 7) is 3.28. The monoisotopic (exact) mass is 891 g/mol. The second-order valence-corrected chi connectivity index (χ2v) is 18.4. The summed E-state index contributed by atoms with van der Waals surface area (Å²) in [6.07, 6.45) is 28.1. The normalized spacial score (nSPS) is 22.2. The van der Waals surface area contributed by atoms with Gasteiger partial charge in [-0.25, -0.2) is 4.57 Å². The molecule has 8 atom stereocenters. The second-order valence-electron chi connectivity index (χ2n) is 17.0. The third-order valence-corrected chi connectivity index (χ3v) is 12.3. The maximum Gasteiger partial charge on any atom is 0.472 e. The molecule has 1 saturated carbocycles. The molecule has 14 heteroatoms. The maximum atomic E-state index is 12.8. The average molecular weight is 891 g/mol. The fourth-order valence-electron chi connectivity index (χ4n) is 7.34. The van der Waals surface area contributed by atoms with Gasteiger partial charge in [0, 0.05) is 12.8 Å². The molecule has 0 heterocycles. The number of carbonyl (C=O) groups excluding carboxylic acids is 2. The van der Waals surface area contributed by atoms with E-state index in [4.69, 9.17) is 18.5 Å². The van der Waals surface area contributed by atoms with Crippen LogP contribution in [0.15, 0.2) is 24.3 Å². The topological polar surface area (TPSA) is 210 Å². The predicted octanol–water partition coefficient (Wildman–Crippen LogP) is 9.62. The van der Waals surface area contributed by atoms with Crippen molar-refractivity contribution in [3.63, 3.8) is 0 Å². The number of phosphoric ester groups is 1. The number of unbranched alkanes of at least 4 members (excludes halogenated alkanes) is 24. The van der Waals surface area contributed by atoms with E-state index in [0.29, 0.717) is 12.8 Å². The van der Waals surface area contributed by atoms with Crippen molar-refractivity contribution in [2.45, 2.75) is 249 Å². The Morgan fingerprint density at radius 1 is 0.492 bits per heavy atom. The van der Waals surface area contributed by atoms with E-state index < -0.39 is 75.7 Å². The van der Waals surface area contributed by atoms with Crippen molar-refractivity contribution in [2.24, 2.45) is 0 Å². The minimum Gasteiger partial charge on any atom is -0.462 e. The van der Waals surface area contributed by atoms with Gasteiger partial charge in [-0.05, 0) is 64.2 Å². The molecule has 0 bridgehead atoms. The molecule has 1 aliphatic carbocycles. The van der Waals surface area contributed by atoms with Gasteiger partial charge >= 0.3 is 19.8 Å². The first-order valence-corrected chi connectivity index (χ1v) is 25.6. The van der Waals surface area contributed by atoms with E-state index >= 15 is 0 Å². The highest BCUT2D eigenvalue weighted by atomic mass is 31.2. The Morgan fingerprint density at radius 3 is 1.26 bits per heavy atom. The van der Waals surface area contributed by atoms with E-state index in [2.05, 4.69) is 38.2 Å². The van der Waals surface area contributed by atoms with Crippen LogP contribution in [0.4, 0.5) is 0 Å². The molecule has 0 aromatic rings. The Morgan fingerprint density at radius 2 is 0.836 bits per heavy atom. The largest absolute Gasteiger partial charge is 0.472 e. The van der Waals surface area contributed by atoms with Crippen LogP contribution in [0.2, 0.25) is 0 Å². The van der Waals surface area contributed by atoms with Gasteiger partial charge in [-0.15, -0.1) is 0 Å². The van der Waals surface area contributed by atoms with E-state index in [1.807, 2.05) is 0 Å². The number of esters is 2. The van der Waals surface area contributed by atoms with Crippen LogP contribution in [-0.2, 0) is 32.7 Å². The fourth-order valence-corrected chi connectivity index (χ4v) is 8.31. The predicted molar refractivity (Wildman–Crippen MR) is 240 cm³/mol. The summed E-state index contributed by atoms with van der Waals surface area (Å²) >= 11 is 0. The molecule has 0 saturated heterocycles. The van der Waals surface area contributed by atoms with Crippen LogP contribution in [0, 0.1) is 0 Å². The van der Waals surface area contributed by atoms with E-state index in [0.717, 1.165) is 51.4 Å². The van der Waals surface area contributed by atoms with Gasteiger partial charge in [-0.3, -0.25) is 18.6 Å². The third kappa shape index (κ3) is 30.2. The van der Waals surface area contributed by atoms with Crippen molar-refractivity contribution in [1.29, 1.82) is 0 Å². The molecule has 13 nitrogen and oxygen atoms in total. The molecule has 6 N–H and O–H groups in total. The van der Waals surface area contributed by atoms with Crippen LogP contribution in [0.25, 0.3) is 0 Å². The van der Waals surface area contributed by atoms with Crippen LogP contribution in [0.1, 0.15) is 206 Å². The number of aliphatic hydroxyl groups is 5. The zero-order valence-corrected chi connectivity index (χ0v) is 38.9. The molecule has 0 aliphatic heterocycles. The van der Waals surface area contributed by atoms with Gasteiger partial charge in [0.2, 0.25) is 0 Å². The minimum atomic E-state index is -5.12. The molecule has 0 radical (unpaired) electrons. The van der Waals surface area contributed by atoms with Crippen molar-refractivity contribution in [3.05, 3.63) is 24.3 Å². The van der Waals surface area contributed by atoms with E-state index in [1.165, 1.54) is 116 Å². The lowest BCUT2D eigenvalue weighted by molar-refractivity contribution is -0.220. The highest BCUT2D eigenvalue weighted by Gasteiger charge is 2.51. The van der Waals surface area contributed by atoms with Gasteiger partial charge in [0.1, 0.15) is 43.2 Å². The average Bonchev–Trinajstić information content (AvgIpc) is 3.24.